The van der Waals surface area contributed by atoms with E-state index in [4.69, 9.17) is 17.3 Å². The van der Waals surface area contributed by atoms with Crippen molar-refractivity contribution in [3.63, 3.8) is 0 Å². The average Bonchev–Trinajstić information content (AvgIpc) is 2.33. The van der Waals surface area contributed by atoms with Crippen molar-refractivity contribution in [2.45, 2.75) is 0 Å². The van der Waals surface area contributed by atoms with Crippen LogP contribution in [-0.4, -0.2) is 4.92 Å². The lowest BCUT2D eigenvalue weighted by atomic mass is 10.2. The minimum absolute atomic E-state index is 0.0162. The van der Waals surface area contributed by atoms with E-state index in [1.807, 2.05) is 0 Å². The van der Waals surface area contributed by atoms with E-state index in [-0.39, 0.29) is 27.8 Å². The maximum Gasteiger partial charge on any atom is 0.315 e. The summed E-state index contributed by atoms with van der Waals surface area (Å²) < 4.78 is 13.1. The largest absolute Gasteiger partial charge is 0.393 e. The molecule has 0 spiro atoms. The average molecular weight is 282 g/mol. The van der Waals surface area contributed by atoms with Crippen LogP contribution < -0.4 is 11.1 Å². The predicted molar refractivity (Wildman–Crippen MR) is 72.2 cm³/mol. The Morgan fingerprint density at radius 1 is 1.26 bits per heavy atom. The summed E-state index contributed by atoms with van der Waals surface area (Å²) in [5, 5.41) is 13.9. The highest BCUT2D eigenvalue weighted by Gasteiger charge is 2.18. The van der Waals surface area contributed by atoms with Gasteiger partial charge in [-0.2, -0.15) is 0 Å². The van der Waals surface area contributed by atoms with Gasteiger partial charge in [0, 0.05) is 0 Å². The lowest BCUT2D eigenvalue weighted by Crippen LogP contribution is -2.01. The highest BCUT2D eigenvalue weighted by molar-refractivity contribution is 6.33. The first-order valence-electron chi connectivity index (χ1n) is 5.24. The van der Waals surface area contributed by atoms with Crippen molar-refractivity contribution in [1.82, 2.24) is 0 Å². The van der Waals surface area contributed by atoms with Gasteiger partial charge >= 0.3 is 5.69 Å². The maximum atomic E-state index is 13.1. The molecular weight excluding hydrogens is 273 g/mol. The molecular formula is C12H9ClFN3O2. The molecule has 0 amide bonds. The van der Waals surface area contributed by atoms with E-state index in [1.54, 1.807) is 6.07 Å². The summed E-state index contributed by atoms with van der Waals surface area (Å²) in [6.45, 7) is 0. The highest BCUT2D eigenvalue weighted by atomic mass is 35.5. The molecule has 0 aliphatic heterocycles. The topological polar surface area (TPSA) is 81.2 Å². The first-order chi connectivity index (χ1) is 8.99. The van der Waals surface area contributed by atoms with Gasteiger partial charge in [0.15, 0.2) is 0 Å². The van der Waals surface area contributed by atoms with E-state index in [1.165, 1.54) is 24.3 Å². The van der Waals surface area contributed by atoms with E-state index in [9.17, 15) is 14.5 Å². The molecule has 98 valence electrons. The fourth-order valence-corrected chi connectivity index (χ4v) is 1.77. The molecule has 0 aliphatic carbocycles. The summed E-state index contributed by atoms with van der Waals surface area (Å²) >= 11 is 5.89. The van der Waals surface area contributed by atoms with Gasteiger partial charge < -0.3 is 11.1 Å². The third-order valence-electron chi connectivity index (χ3n) is 2.45. The third kappa shape index (κ3) is 2.74. The van der Waals surface area contributed by atoms with E-state index in [2.05, 4.69) is 5.32 Å². The minimum atomic E-state index is -0.606. The van der Waals surface area contributed by atoms with Gasteiger partial charge in [0.1, 0.15) is 17.2 Å². The first kappa shape index (κ1) is 13.1. The zero-order valence-electron chi connectivity index (χ0n) is 9.56. The maximum absolute atomic E-state index is 13.1. The van der Waals surface area contributed by atoms with Gasteiger partial charge in [-0.15, -0.1) is 0 Å². The second-order valence-corrected chi connectivity index (χ2v) is 4.16. The second-order valence-electron chi connectivity index (χ2n) is 3.75. The van der Waals surface area contributed by atoms with Crippen molar-refractivity contribution in [3.8, 4) is 0 Å². The van der Waals surface area contributed by atoms with Crippen LogP contribution in [0, 0.1) is 15.9 Å². The summed E-state index contributed by atoms with van der Waals surface area (Å²) in [5.74, 6) is -0.501. The highest BCUT2D eigenvalue weighted by Crippen LogP contribution is 2.34. The van der Waals surface area contributed by atoms with E-state index in [0.717, 1.165) is 6.07 Å². The molecule has 5 nitrogen and oxygen atoms in total. The van der Waals surface area contributed by atoms with Crippen LogP contribution in [-0.2, 0) is 0 Å². The molecule has 3 N–H and O–H groups in total. The molecule has 0 aliphatic rings. The standard InChI is InChI=1S/C12H9ClFN3O2/c13-8-5-4-7(14)6-11(8)16-10-3-1-2-9(15)12(10)17(18)19/h1-6,16H,15H2. The molecule has 0 radical (unpaired) electrons. The number of rotatable bonds is 3. The predicted octanol–water partition coefficient (Wildman–Crippen LogP) is 3.71. The fourth-order valence-electron chi connectivity index (χ4n) is 1.60. The molecule has 7 heteroatoms. The summed E-state index contributed by atoms with van der Waals surface area (Å²) in [6, 6.07) is 8.14. The molecule has 0 atom stereocenters. The van der Waals surface area contributed by atoms with Crippen LogP contribution in [0.3, 0.4) is 0 Å². The molecule has 0 heterocycles. The van der Waals surface area contributed by atoms with Crippen LogP contribution >= 0.6 is 11.6 Å². The van der Waals surface area contributed by atoms with Crippen LogP contribution in [0.4, 0.5) is 27.1 Å². The number of halogens is 2. The number of hydrogen-bond acceptors (Lipinski definition) is 4. The molecule has 0 saturated heterocycles. The Morgan fingerprint density at radius 2 is 2.00 bits per heavy atom. The Hall–Kier alpha value is -2.34. The molecule has 2 aromatic rings. The van der Waals surface area contributed by atoms with Crippen LogP contribution in [0.2, 0.25) is 5.02 Å². The van der Waals surface area contributed by atoms with E-state index in [0.29, 0.717) is 0 Å². The number of para-hydroxylation sites is 1. The Kier molecular flexibility index (Phi) is 3.52. The van der Waals surface area contributed by atoms with Gasteiger partial charge in [0.25, 0.3) is 0 Å². The minimum Gasteiger partial charge on any atom is -0.393 e. The zero-order chi connectivity index (χ0) is 14.0. The quantitative estimate of drug-likeness (QED) is 0.510. The molecule has 19 heavy (non-hydrogen) atoms. The number of nitro benzene ring substituents is 1. The number of nitrogen functional groups attached to an aromatic ring is 1. The van der Waals surface area contributed by atoms with Crippen molar-refractivity contribution in [2.24, 2.45) is 0 Å². The van der Waals surface area contributed by atoms with Gasteiger partial charge in [-0.1, -0.05) is 17.7 Å². The van der Waals surface area contributed by atoms with Crippen molar-refractivity contribution in [1.29, 1.82) is 0 Å². The monoisotopic (exact) mass is 281 g/mol. The summed E-state index contributed by atoms with van der Waals surface area (Å²) in [6.07, 6.45) is 0. The Bertz CT molecular complexity index is 649. The smallest absolute Gasteiger partial charge is 0.315 e. The van der Waals surface area contributed by atoms with Crippen LogP contribution in [0.25, 0.3) is 0 Å². The van der Waals surface area contributed by atoms with Gasteiger partial charge in [0.05, 0.1) is 15.6 Å². The zero-order valence-corrected chi connectivity index (χ0v) is 10.3. The molecule has 0 fully saturated rings. The summed E-state index contributed by atoms with van der Waals surface area (Å²) in [5.41, 5.74) is 5.68. The second kappa shape index (κ2) is 5.11. The molecule has 0 bridgehead atoms. The molecule has 2 aromatic carbocycles. The SMILES string of the molecule is Nc1cccc(Nc2cc(F)ccc2Cl)c1[N+](=O)[O-]. The van der Waals surface area contributed by atoms with Crippen LogP contribution in [0.5, 0.6) is 0 Å². The summed E-state index contributed by atoms with van der Waals surface area (Å²) in [7, 11) is 0. The van der Waals surface area contributed by atoms with Gasteiger partial charge in [-0.25, -0.2) is 4.39 Å². The van der Waals surface area contributed by atoms with E-state index >= 15 is 0 Å². The lowest BCUT2D eigenvalue weighted by molar-refractivity contribution is -0.383. The number of nitro groups is 1. The van der Waals surface area contributed by atoms with Crippen LogP contribution in [0.1, 0.15) is 0 Å². The number of nitrogens with one attached hydrogen (secondary N) is 1. The fraction of sp³-hybridized carbons (Fsp3) is 0. The summed E-state index contributed by atoms with van der Waals surface area (Å²) in [4.78, 5) is 10.4. The Morgan fingerprint density at radius 3 is 2.68 bits per heavy atom. The number of nitrogens with two attached hydrogens (primary N) is 1. The molecule has 0 unspecified atom stereocenters. The van der Waals surface area contributed by atoms with Crippen molar-refractivity contribution in [2.75, 3.05) is 11.1 Å². The van der Waals surface area contributed by atoms with Gasteiger partial charge in [-0.3, -0.25) is 10.1 Å². The van der Waals surface area contributed by atoms with Crippen molar-refractivity contribution >= 4 is 34.4 Å². The first-order valence-corrected chi connectivity index (χ1v) is 5.62. The number of hydrogen-bond donors (Lipinski definition) is 2. The van der Waals surface area contributed by atoms with Gasteiger partial charge in [-0.05, 0) is 30.3 Å². The molecule has 0 saturated carbocycles. The Balaban J connectivity index is 2.46. The number of nitrogens with zero attached hydrogens (tertiary/aromatic N) is 1. The van der Waals surface area contributed by atoms with Crippen molar-refractivity contribution in [3.05, 3.63) is 57.4 Å². The van der Waals surface area contributed by atoms with Crippen LogP contribution in [0.15, 0.2) is 36.4 Å². The van der Waals surface area contributed by atoms with E-state index < -0.39 is 10.7 Å². The lowest BCUT2D eigenvalue weighted by Gasteiger charge is -2.10. The normalized spacial score (nSPS) is 10.2. The third-order valence-corrected chi connectivity index (χ3v) is 2.78. The Labute approximate surface area is 113 Å². The molecule has 0 aromatic heterocycles. The number of anilines is 3. The van der Waals surface area contributed by atoms with Gasteiger partial charge in [0.2, 0.25) is 0 Å². The number of benzene rings is 2. The molecule has 2 rings (SSSR count). The van der Waals surface area contributed by atoms with Crippen molar-refractivity contribution < 1.29 is 9.31 Å².